The summed E-state index contributed by atoms with van der Waals surface area (Å²) in [6.07, 6.45) is 3.23. The van der Waals surface area contributed by atoms with Crippen molar-refractivity contribution in [2.75, 3.05) is 6.54 Å². The van der Waals surface area contributed by atoms with E-state index in [4.69, 9.17) is 0 Å². The van der Waals surface area contributed by atoms with Crippen molar-refractivity contribution < 1.29 is 8.42 Å². The van der Waals surface area contributed by atoms with Crippen LogP contribution in [-0.2, 0) is 16.4 Å². The van der Waals surface area contributed by atoms with Crippen LogP contribution in [0.3, 0.4) is 0 Å². The van der Waals surface area contributed by atoms with Crippen molar-refractivity contribution in [2.45, 2.75) is 24.7 Å². The van der Waals surface area contributed by atoms with Gasteiger partial charge in [-0.05, 0) is 44.0 Å². The number of sulfonamides is 1. The minimum absolute atomic E-state index is 0.306. The second kappa shape index (κ2) is 6.63. The van der Waals surface area contributed by atoms with Crippen LogP contribution in [0.4, 0.5) is 0 Å². The van der Waals surface area contributed by atoms with Gasteiger partial charge >= 0.3 is 0 Å². The molecule has 1 aromatic heterocycles. The largest absolute Gasteiger partial charge is 0.261 e. The van der Waals surface area contributed by atoms with E-state index in [1.807, 2.05) is 25.1 Å². The third kappa shape index (κ3) is 4.15. The normalized spacial score (nSPS) is 11.4. The third-order valence-corrected chi connectivity index (χ3v) is 4.44. The fourth-order valence-electron chi connectivity index (χ4n) is 1.82. The Bertz CT molecular complexity index is 637. The van der Waals surface area contributed by atoms with Crippen LogP contribution in [0.15, 0.2) is 53.6 Å². The Hall–Kier alpha value is -1.72. The Morgan fingerprint density at radius 1 is 1.10 bits per heavy atom. The van der Waals surface area contributed by atoms with Crippen LogP contribution in [0.1, 0.15) is 17.7 Å². The zero-order valence-electron chi connectivity index (χ0n) is 11.4. The topological polar surface area (TPSA) is 59.1 Å². The molecule has 2 rings (SSSR count). The molecule has 4 nitrogen and oxygen atoms in total. The van der Waals surface area contributed by atoms with Crippen molar-refractivity contribution in [2.24, 2.45) is 0 Å². The molecule has 5 heteroatoms. The van der Waals surface area contributed by atoms with E-state index in [1.54, 1.807) is 30.5 Å². The summed E-state index contributed by atoms with van der Waals surface area (Å²) in [6.45, 7) is 2.34. The standard InChI is InChI=1S/C15H18N2O2S/c1-13-7-9-15(10-8-13)20(18,19)17-12-4-6-14-5-2-3-11-16-14/h2-3,5,7-11,17H,4,6,12H2,1H3. The second-order valence-electron chi connectivity index (χ2n) is 4.64. The van der Waals surface area contributed by atoms with Crippen molar-refractivity contribution in [3.63, 3.8) is 0 Å². The number of aryl methyl sites for hydroxylation is 2. The molecule has 1 N–H and O–H groups in total. The summed E-state index contributed by atoms with van der Waals surface area (Å²) in [5.41, 5.74) is 2.01. The van der Waals surface area contributed by atoms with Gasteiger partial charge in [0.05, 0.1) is 4.90 Å². The number of aromatic nitrogens is 1. The SMILES string of the molecule is Cc1ccc(S(=O)(=O)NCCCc2ccccn2)cc1. The van der Waals surface area contributed by atoms with Crippen LogP contribution in [0.5, 0.6) is 0 Å². The predicted molar refractivity (Wildman–Crippen MR) is 78.9 cm³/mol. The Labute approximate surface area is 119 Å². The fourth-order valence-corrected chi connectivity index (χ4v) is 2.90. The highest BCUT2D eigenvalue weighted by molar-refractivity contribution is 7.89. The minimum atomic E-state index is -3.40. The lowest BCUT2D eigenvalue weighted by Gasteiger charge is -2.07. The lowest BCUT2D eigenvalue weighted by Crippen LogP contribution is -2.25. The number of hydrogen-bond acceptors (Lipinski definition) is 3. The number of pyridine rings is 1. The molecule has 0 spiro atoms. The maximum atomic E-state index is 12.0. The van der Waals surface area contributed by atoms with Gasteiger partial charge in [-0.3, -0.25) is 4.98 Å². The highest BCUT2D eigenvalue weighted by Crippen LogP contribution is 2.09. The molecule has 0 fully saturated rings. The minimum Gasteiger partial charge on any atom is -0.261 e. The van der Waals surface area contributed by atoms with Gasteiger partial charge in [-0.1, -0.05) is 23.8 Å². The van der Waals surface area contributed by atoms with E-state index in [2.05, 4.69) is 9.71 Å². The molecular formula is C15H18N2O2S. The molecular weight excluding hydrogens is 272 g/mol. The van der Waals surface area contributed by atoms with Crippen molar-refractivity contribution >= 4 is 10.0 Å². The van der Waals surface area contributed by atoms with Crippen LogP contribution >= 0.6 is 0 Å². The lowest BCUT2D eigenvalue weighted by molar-refractivity contribution is 0.578. The molecule has 0 saturated carbocycles. The monoisotopic (exact) mass is 290 g/mol. The van der Waals surface area contributed by atoms with Crippen molar-refractivity contribution in [1.29, 1.82) is 0 Å². The first-order valence-electron chi connectivity index (χ1n) is 6.54. The molecule has 0 bridgehead atoms. The summed E-state index contributed by atoms with van der Waals surface area (Å²) in [7, 11) is -3.40. The second-order valence-corrected chi connectivity index (χ2v) is 6.40. The predicted octanol–water partition coefficient (Wildman–Crippen LogP) is 2.30. The van der Waals surface area contributed by atoms with Crippen LogP contribution in [-0.4, -0.2) is 19.9 Å². The average molecular weight is 290 g/mol. The molecule has 106 valence electrons. The molecule has 0 amide bonds. The molecule has 0 aliphatic heterocycles. The fraction of sp³-hybridized carbons (Fsp3) is 0.267. The van der Waals surface area contributed by atoms with E-state index in [0.29, 0.717) is 11.4 Å². The molecule has 0 saturated heterocycles. The molecule has 0 aliphatic rings. The first-order valence-corrected chi connectivity index (χ1v) is 8.02. The summed E-state index contributed by atoms with van der Waals surface area (Å²) >= 11 is 0. The molecule has 1 heterocycles. The number of nitrogens with one attached hydrogen (secondary N) is 1. The van der Waals surface area contributed by atoms with Gasteiger partial charge in [-0.25, -0.2) is 13.1 Å². The van der Waals surface area contributed by atoms with Crippen LogP contribution < -0.4 is 4.72 Å². The van der Waals surface area contributed by atoms with E-state index < -0.39 is 10.0 Å². The van der Waals surface area contributed by atoms with E-state index in [-0.39, 0.29) is 0 Å². The summed E-state index contributed by atoms with van der Waals surface area (Å²) in [5, 5.41) is 0. The summed E-state index contributed by atoms with van der Waals surface area (Å²) in [6, 6.07) is 12.6. The van der Waals surface area contributed by atoms with Gasteiger partial charge in [0.2, 0.25) is 10.0 Å². The highest BCUT2D eigenvalue weighted by Gasteiger charge is 2.12. The molecule has 0 aliphatic carbocycles. The Morgan fingerprint density at radius 2 is 1.85 bits per heavy atom. The van der Waals surface area contributed by atoms with Crippen LogP contribution in [0.25, 0.3) is 0 Å². The summed E-state index contributed by atoms with van der Waals surface area (Å²) in [4.78, 5) is 4.51. The first kappa shape index (κ1) is 14.7. The molecule has 20 heavy (non-hydrogen) atoms. The van der Waals surface area contributed by atoms with Gasteiger partial charge in [-0.15, -0.1) is 0 Å². The van der Waals surface area contributed by atoms with Gasteiger partial charge in [0, 0.05) is 18.4 Å². The van der Waals surface area contributed by atoms with Crippen LogP contribution in [0, 0.1) is 6.92 Å². The van der Waals surface area contributed by atoms with Crippen molar-refractivity contribution in [3.8, 4) is 0 Å². The first-order chi connectivity index (χ1) is 9.58. The van der Waals surface area contributed by atoms with E-state index >= 15 is 0 Å². The molecule has 0 atom stereocenters. The zero-order valence-corrected chi connectivity index (χ0v) is 12.2. The molecule has 2 aromatic rings. The number of benzene rings is 1. The molecule has 1 aromatic carbocycles. The van der Waals surface area contributed by atoms with Gasteiger partial charge in [0.1, 0.15) is 0 Å². The number of rotatable bonds is 6. The average Bonchev–Trinajstić information content (AvgIpc) is 2.45. The van der Waals surface area contributed by atoms with E-state index in [1.165, 1.54) is 0 Å². The Kier molecular flexibility index (Phi) is 4.87. The van der Waals surface area contributed by atoms with Gasteiger partial charge in [0.15, 0.2) is 0 Å². The van der Waals surface area contributed by atoms with E-state index in [9.17, 15) is 8.42 Å². The summed E-state index contributed by atoms with van der Waals surface area (Å²) < 4.78 is 26.7. The maximum absolute atomic E-state index is 12.0. The van der Waals surface area contributed by atoms with Crippen molar-refractivity contribution in [1.82, 2.24) is 9.71 Å². The molecule has 0 radical (unpaired) electrons. The maximum Gasteiger partial charge on any atom is 0.240 e. The summed E-state index contributed by atoms with van der Waals surface area (Å²) in [5.74, 6) is 0. The number of hydrogen-bond donors (Lipinski definition) is 1. The Balaban J connectivity index is 1.85. The lowest BCUT2D eigenvalue weighted by atomic mass is 10.2. The van der Waals surface area contributed by atoms with Gasteiger partial charge in [-0.2, -0.15) is 0 Å². The Morgan fingerprint density at radius 3 is 2.50 bits per heavy atom. The van der Waals surface area contributed by atoms with Crippen LogP contribution in [0.2, 0.25) is 0 Å². The van der Waals surface area contributed by atoms with Crippen molar-refractivity contribution in [3.05, 3.63) is 59.9 Å². The van der Waals surface area contributed by atoms with Gasteiger partial charge < -0.3 is 0 Å². The molecule has 0 unspecified atom stereocenters. The van der Waals surface area contributed by atoms with E-state index in [0.717, 1.165) is 24.1 Å². The quantitative estimate of drug-likeness (QED) is 0.830. The van der Waals surface area contributed by atoms with Gasteiger partial charge in [0.25, 0.3) is 0 Å². The third-order valence-electron chi connectivity index (χ3n) is 2.96. The zero-order chi connectivity index (χ0) is 14.4. The highest BCUT2D eigenvalue weighted by atomic mass is 32.2. The smallest absolute Gasteiger partial charge is 0.240 e. The number of nitrogens with zero attached hydrogens (tertiary/aromatic N) is 1.